The Morgan fingerprint density at radius 2 is 2.00 bits per heavy atom. The van der Waals surface area contributed by atoms with E-state index in [1.807, 2.05) is 24.3 Å². The van der Waals surface area contributed by atoms with Gasteiger partial charge in [-0.25, -0.2) is 14.8 Å². The number of aromatic nitrogens is 4. The molecule has 5 rings (SSSR count). The van der Waals surface area contributed by atoms with Gasteiger partial charge in [0.15, 0.2) is 5.82 Å². The van der Waals surface area contributed by atoms with Gasteiger partial charge in [-0.15, -0.1) is 5.10 Å². The van der Waals surface area contributed by atoms with Crippen LogP contribution in [0.4, 0.5) is 16.4 Å². The summed E-state index contributed by atoms with van der Waals surface area (Å²) in [5.74, 6) is 3.02. The Kier molecular flexibility index (Phi) is 5.53. The highest BCUT2D eigenvalue weighted by molar-refractivity contribution is 5.89. The normalized spacial score (nSPS) is 22.6. The number of pyridine rings is 2. The van der Waals surface area contributed by atoms with Gasteiger partial charge in [-0.2, -0.15) is 5.10 Å². The predicted octanol–water partition coefficient (Wildman–Crippen LogP) is 4.06. The highest BCUT2D eigenvalue weighted by Gasteiger charge is 2.48. The third-order valence-electron chi connectivity index (χ3n) is 5.99. The Labute approximate surface area is 185 Å². The topological polar surface area (TPSA) is 102 Å². The first-order chi connectivity index (χ1) is 15.7. The molecule has 1 aliphatic heterocycles. The first-order valence-electron chi connectivity index (χ1n) is 10.8. The van der Waals surface area contributed by atoms with Gasteiger partial charge in [0.2, 0.25) is 5.88 Å². The summed E-state index contributed by atoms with van der Waals surface area (Å²) in [4.78, 5) is 22.5. The lowest BCUT2D eigenvalue weighted by Gasteiger charge is -2.35. The molecule has 1 amide bonds. The molecule has 0 bridgehead atoms. The molecule has 1 saturated carbocycles. The van der Waals surface area contributed by atoms with Crippen LogP contribution in [0.2, 0.25) is 0 Å². The van der Waals surface area contributed by atoms with E-state index in [-0.39, 0.29) is 6.09 Å². The molecule has 32 heavy (non-hydrogen) atoms. The van der Waals surface area contributed by atoms with Crippen LogP contribution >= 0.6 is 0 Å². The van der Waals surface area contributed by atoms with Gasteiger partial charge in [0.1, 0.15) is 17.2 Å². The third-order valence-corrected chi connectivity index (χ3v) is 5.99. The van der Waals surface area contributed by atoms with Crippen LogP contribution in [0.1, 0.15) is 25.7 Å². The lowest BCUT2D eigenvalue weighted by atomic mass is 9.78. The quantitative estimate of drug-likeness (QED) is 0.622. The molecular formula is C23H24N6O3. The first-order valence-corrected chi connectivity index (χ1v) is 10.8. The molecule has 2 aliphatic rings. The first kappa shape index (κ1) is 20.2. The predicted molar refractivity (Wildman–Crippen MR) is 118 cm³/mol. The fourth-order valence-electron chi connectivity index (χ4n) is 4.23. The Balaban J connectivity index is 1.11. The van der Waals surface area contributed by atoms with Gasteiger partial charge in [-0.3, -0.25) is 4.90 Å². The van der Waals surface area contributed by atoms with Crippen molar-refractivity contribution in [1.82, 2.24) is 20.2 Å². The van der Waals surface area contributed by atoms with Crippen molar-refractivity contribution >= 4 is 17.7 Å². The average Bonchev–Trinajstić information content (AvgIpc) is 3.16. The minimum Gasteiger partial charge on any atom is -0.441 e. The molecule has 2 fully saturated rings. The zero-order valence-electron chi connectivity index (χ0n) is 17.6. The average molecular weight is 432 g/mol. The van der Waals surface area contributed by atoms with Gasteiger partial charge in [0.25, 0.3) is 0 Å². The van der Waals surface area contributed by atoms with E-state index in [4.69, 9.17) is 9.47 Å². The van der Waals surface area contributed by atoms with Crippen LogP contribution in [0.25, 0.3) is 0 Å². The summed E-state index contributed by atoms with van der Waals surface area (Å²) in [5, 5.41) is 11.3. The Bertz CT molecular complexity index is 1040. The molecular weight excluding hydrogens is 408 g/mol. The molecule has 1 aliphatic carbocycles. The van der Waals surface area contributed by atoms with E-state index in [1.165, 1.54) is 0 Å². The van der Waals surface area contributed by atoms with E-state index < -0.39 is 5.60 Å². The van der Waals surface area contributed by atoms with Gasteiger partial charge < -0.3 is 14.8 Å². The van der Waals surface area contributed by atoms with Gasteiger partial charge in [0, 0.05) is 25.0 Å². The monoisotopic (exact) mass is 432 g/mol. The van der Waals surface area contributed by atoms with Crippen molar-refractivity contribution < 1.29 is 14.3 Å². The Hall–Kier alpha value is -3.75. The maximum absolute atomic E-state index is 12.4. The molecule has 1 saturated heterocycles. The number of carbonyl (C=O) groups is 1. The van der Waals surface area contributed by atoms with E-state index in [1.54, 1.807) is 41.7 Å². The minimum atomic E-state index is -0.423. The largest absolute Gasteiger partial charge is 0.441 e. The number of nitrogens with one attached hydrogen (secondary N) is 1. The second kappa shape index (κ2) is 8.78. The molecule has 0 atom stereocenters. The van der Waals surface area contributed by atoms with Gasteiger partial charge in [0.05, 0.1) is 12.7 Å². The molecule has 4 heterocycles. The van der Waals surface area contributed by atoms with Crippen molar-refractivity contribution in [3.63, 3.8) is 0 Å². The van der Waals surface area contributed by atoms with Gasteiger partial charge >= 0.3 is 6.09 Å². The molecule has 0 unspecified atom stereocenters. The summed E-state index contributed by atoms with van der Waals surface area (Å²) in [6, 6.07) is 12.8. The highest BCUT2D eigenvalue weighted by atomic mass is 16.6. The van der Waals surface area contributed by atoms with Gasteiger partial charge in [-0.1, -0.05) is 6.07 Å². The van der Waals surface area contributed by atoms with Crippen LogP contribution in [0.15, 0.2) is 61.1 Å². The number of ether oxygens (including phenoxy) is 2. The van der Waals surface area contributed by atoms with E-state index in [9.17, 15) is 4.79 Å². The van der Waals surface area contributed by atoms with E-state index in [0.717, 1.165) is 38.0 Å². The molecule has 3 aromatic rings. The van der Waals surface area contributed by atoms with Crippen molar-refractivity contribution in [1.29, 1.82) is 0 Å². The molecule has 1 spiro atoms. The Morgan fingerprint density at radius 1 is 1.09 bits per heavy atom. The standard InChI is InChI=1S/C23H24N6O3/c30-22-29(20-4-3-13-27-28-20)16-23(32-22)10-8-17(9-11-23)14-25-19-7-6-18(15-26-19)31-21-5-1-2-12-24-21/h1-7,12-13,15,17H,8-11,14,16H2,(H,25,26). The summed E-state index contributed by atoms with van der Waals surface area (Å²) in [7, 11) is 0. The second-order valence-electron chi connectivity index (χ2n) is 8.19. The molecule has 3 aromatic heterocycles. The molecule has 9 nitrogen and oxygen atoms in total. The lowest BCUT2D eigenvalue weighted by Crippen LogP contribution is -2.39. The van der Waals surface area contributed by atoms with E-state index in [2.05, 4.69) is 25.5 Å². The number of hydrogen-bond donors (Lipinski definition) is 1. The van der Waals surface area contributed by atoms with Crippen molar-refractivity contribution in [3.05, 3.63) is 61.1 Å². The number of anilines is 2. The van der Waals surface area contributed by atoms with Crippen LogP contribution in [0, 0.1) is 5.92 Å². The zero-order chi connectivity index (χ0) is 21.8. The van der Waals surface area contributed by atoms with Crippen molar-refractivity contribution in [2.24, 2.45) is 5.92 Å². The van der Waals surface area contributed by atoms with Crippen LogP contribution in [-0.2, 0) is 4.74 Å². The van der Waals surface area contributed by atoms with Crippen LogP contribution < -0.4 is 15.0 Å². The fraction of sp³-hybridized carbons (Fsp3) is 0.348. The molecule has 0 radical (unpaired) electrons. The Morgan fingerprint density at radius 3 is 2.72 bits per heavy atom. The number of carbonyl (C=O) groups excluding carboxylic acids is 1. The smallest absolute Gasteiger partial charge is 0.416 e. The van der Waals surface area contributed by atoms with Crippen LogP contribution in [0.3, 0.4) is 0 Å². The fourth-order valence-corrected chi connectivity index (χ4v) is 4.23. The van der Waals surface area contributed by atoms with Gasteiger partial charge in [-0.05, 0) is 61.9 Å². The summed E-state index contributed by atoms with van der Waals surface area (Å²) >= 11 is 0. The molecule has 0 aromatic carbocycles. The maximum Gasteiger partial charge on any atom is 0.416 e. The SMILES string of the molecule is O=C1OC2(CCC(CNc3ccc(Oc4ccccn4)cn3)CC2)CN1c1cccnn1. The summed E-state index contributed by atoms with van der Waals surface area (Å²) < 4.78 is 11.5. The number of rotatable bonds is 6. The van der Waals surface area contributed by atoms with Crippen molar-refractivity contribution in [2.75, 3.05) is 23.3 Å². The second-order valence-corrected chi connectivity index (χ2v) is 8.19. The molecule has 164 valence electrons. The third kappa shape index (κ3) is 4.46. The zero-order valence-corrected chi connectivity index (χ0v) is 17.6. The minimum absolute atomic E-state index is 0.334. The maximum atomic E-state index is 12.4. The summed E-state index contributed by atoms with van der Waals surface area (Å²) in [5.41, 5.74) is -0.423. The molecule has 1 N–H and O–H groups in total. The van der Waals surface area contributed by atoms with Crippen molar-refractivity contribution in [3.8, 4) is 11.6 Å². The summed E-state index contributed by atoms with van der Waals surface area (Å²) in [6.45, 7) is 1.36. The summed E-state index contributed by atoms with van der Waals surface area (Å²) in [6.07, 6.45) is 8.27. The number of nitrogens with zero attached hydrogens (tertiary/aromatic N) is 5. The molecule has 9 heteroatoms. The number of hydrogen-bond acceptors (Lipinski definition) is 8. The highest BCUT2D eigenvalue weighted by Crippen LogP contribution is 2.40. The number of amides is 1. The van der Waals surface area contributed by atoms with E-state index in [0.29, 0.717) is 29.9 Å². The van der Waals surface area contributed by atoms with Crippen molar-refractivity contribution in [2.45, 2.75) is 31.3 Å². The van der Waals surface area contributed by atoms with Crippen LogP contribution in [0.5, 0.6) is 11.6 Å². The van der Waals surface area contributed by atoms with E-state index >= 15 is 0 Å². The lowest BCUT2D eigenvalue weighted by molar-refractivity contribution is 0.0148. The van der Waals surface area contributed by atoms with Crippen LogP contribution in [-0.4, -0.2) is 44.9 Å².